The van der Waals surface area contributed by atoms with Gasteiger partial charge in [-0.05, 0) is 42.9 Å². The third-order valence-corrected chi connectivity index (χ3v) is 7.37. The number of nitrogens with one attached hydrogen (secondary N) is 2. The number of hydrogen-bond acceptors (Lipinski definition) is 6. The highest BCUT2D eigenvalue weighted by Crippen LogP contribution is 2.33. The van der Waals surface area contributed by atoms with Gasteiger partial charge >= 0.3 is 6.03 Å². The molecule has 0 spiro atoms. The maximum Gasteiger partial charge on any atom is 0.320 e. The topological polar surface area (TPSA) is 101 Å². The van der Waals surface area contributed by atoms with Gasteiger partial charge in [0.1, 0.15) is 12.4 Å². The van der Waals surface area contributed by atoms with E-state index in [9.17, 15) is 9.90 Å². The van der Waals surface area contributed by atoms with E-state index in [1.807, 2.05) is 75.4 Å². The smallest absolute Gasteiger partial charge is 0.320 e. The molecule has 1 aromatic heterocycles. The van der Waals surface area contributed by atoms with Crippen molar-refractivity contribution < 1.29 is 19.4 Å². The number of aliphatic hydroxyl groups excluding tert-OH is 1. The van der Waals surface area contributed by atoms with Gasteiger partial charge in [0.05, 0.1) is 36.6 Å². The third kappa shape index (κ3) is 7.59. The molecule has 0 unspecified atom stereocenters. The fourth-order valence-corrected chi connectivity index (χ4v) is 4.73. The predicted octanol–water partition coefficient (Wildman–Crippen LogP) is 4.23. The number of ether oxygens (including phenoxy) is 2. The van der Waals surface area contributed by atoms with Gasteiger partial charge in [0.15, 0.2) is 0 Å². The summed E-state index contributed by atoms with van der Waals surface area (Å²) in [6, 6.07) is 8.72. The number of nitrogens with zero attached hydrogens (tertiary/aromatic N) is 3. The molecule has 2 heterocycles. The molecule has 2 amide bonds. The zero-order valence-corrected chi connectivity index (χ0v) is 23.2. The van der Waals surface area contributed by atoms with Gasteiger partial charge in [-0.15, -0.1) is 5.10 Å². The molecule has 1 saturated heterocycles. The van der Waals surface area contributed by atoms with Crippen LogP contribution in [0.2, 0.25) is 0 Å². The number of carbonyl (C=O) groups is 1. The van der Waals surface area contributed by atoms with Crippen LogP contribution >= 0.6 is 0 Å². The highest BCUT2D eigenvalue weighted by Gasteiger charge is 2.30. The number of para-hydroxylation sites is 1. The van der Waals surface area contributed by atoms with E-state index in [2.05, 4.69) is 27.2 Å². The van der Waals surface area contributed by atoms with Crippen molar-refractivity contribution in [3.63, 3.8) is 0 Å². The number of aromatic nitrogens is 2. The molecule has 0 bridgehead atoms. The van der Waals surface area contributed by atoms with E-state index in [0.29, 0.717) is 31.1 Å². The Balaban J connectivity index is 1.49. The summed E-state index contributed by atoms with van der Waals surface area (Å²) >= 11 is 0. The SMILES string of the molecule is C=C1/C=C\C=C/C[C@@H](NC(=O)Nc2c(C)c(OCCN3CCOCC3)nn2-c2ccccc2)[C@H](O)CC1(C)C. The molecule has 39 heavy (non-hydrogen) atoms. The summed E-state index contributed by atoms with van der Waals surface area (Å²) in [5.74, 6) is 0.984. The molecule has 1 aliphatic carbocycles. The Hall–Kier alpha value is -3.40. The molecule has 4 rings (SSSR count). The van der Waals surface area contributed by atoms with Crippen LogP contribution < -0.4 is 15.4 Å². The van der Waals surface area contributed by atoms with Crippen molar-refractivity contribution in [3.05, 3.63) is 72.4 Å². The van der Waals surface area contributed by atoms with Crippen LogP contribution in [0, 0.1) is 12.3 Å². The van der Waals surface area contributed by atoms with Gasteiger partial charge in [-0.25, -0.2) is 9.48 Å². The van der Waals surface area contributed by atoms with Crippen molar-refractivity contribution in [1.29, 1.82) is 0 Å². The molecule has 2 aromatic rings. The van der Waals surface area contributed by atoms with Crippen molar-refractivity contribution >= 4 is 11.8 Å². The minimum absolute atomic E-state index is 0.312. The first kappa shape index (κ1) is 28.6. The lowest BCUT2D eigenvalue weighted by atomic mass is 9.78. The number of carbonyl (C=O) groups excluding carboxylic acids is 1. The molecular formula is C30H41N5O4. The summed E-state index contributed by atoms with van der Waals surface area (Å²) in [7, 11) is 0. The minimum atomic E-state index is -0.752. The lowest BCUT2D eigenvalue weighted by Crippen LogP contribution is -2.46. The Morgan fingerprint density at radius 1 is 1.23 bits per heavy atom. The Morgan fingerprint density at radius 3 is 2.72 bits per heavy atom. The van der Waals surface area contributed by atoms with Crippen molar-refractivity contribution in [2.45, 2.75) is 45.8 Å². The van der Waals surface area contributed by atoms with E-state index in [1.165, 1.54) is 0 Å². The monoisotopic (exact) mass is 535 g/mol. The summed E-state index contributed by atoms with van der Waals surface area (Å²) in [6.07, 6.45) is 7.99. The minimum Gasteiger partial charge on any atom is -0.475 e. The fourth-order valence-electron chi connectivity index (χ4n) is 4.73. The molecule has 0 radical (unpaired) electrons. The average Bonchev–Trinajstić information content (AvgIpc) is 3.22. The van der Waals surface area contributed by atoms with Crippen LogP contribution in [0.4, 0.5) is 10.6 Å². The number of morpholine rings is 1. The summed E-state index contributed by atoms with van der Waals surface area (Å²) in [5.41, 5.74) is 2.14. The molecule has 2 aliphatic rings. The number of benzene rings is 1. The summed E-state index contributed by atoms with van der Waals surface area (Å²) in [4.78, 5) is 15.6. The van der Waals surface area contributed by atoms with Gasteiger partial charge in [0, 0.05) is 19.6 Å². The Morgan fingerprint density at radius 2 is 1.97 bits per heavy atom. The Labute approximate surface area is 231 Å². The molecule has 1 aliphatic heterocycles. The van der Waals surface area contributed by atoms with Crippen LogP contribution in [-0.4, -0.2) is 77.4 Å². The number of anilines is 1. The molecule has 9 nitrogen and oxygen atoms in total. The highest BCUT2D eigenvalue weighted by atomic mass is 16.5. The second-order valence-corrected chi connectivity index (χ2v) is 10.7. The molecule has 210 valence electrons. The molecular weight excluding hydrogens is 494 g/mol. The summed E-state index contributed by atoms with van der Waals surface area (Å²) in [5, 5.41) is 21.7. The van der Waals surface area contributed by atoms with Crippen LogP contribution in [0.5, 0.6) is 5.88 Å². The van der Waals surface area contributed by atoms with Gasteiger partial charge in [0.2, 0.25) is 5.88 Å². The van der Waals surface area contributed by atoms with Crippen LogP contribution in [0.3, 0.4) is 0 Å². The average molecular weight is 536 g/mol. The Bertz CT molecular complexity index is 1180. The third-order valence-electron chi connectivity index (χ3n) is 7.37. The zero-order valence-electron chi connectivity index (χ0n) is 23.2. The molecule has 1 fully saturated rings. The van der Waals surface area contributed by atoms with Crippen molar-refractivity contribution in [3.8, 4) is 11.6 Å². The van der Waals surface area contributed by atoms with E-state index < -0.39 is 18.2 Å². The van der Waals surface area contributed by atoms with Gasteiger partial charge in [-0.2, -0.15) is 0 Å². The van der Waals surface area contributed by atoms with Crippen LogP contribution in [0.25, 0.3) is 5.69 Å². The van der Waals surface area contributed by atoms with E-state index in [1.54, 1.807) is 4.68 Å². The summed E-state index contributed by atoms with van der Waals surface area (Å²) in [6.45, 7) is 14.6. The van der Waals surface area contributed by atoms with Crippen molar-refractivity contribution in [2.75, 3.05) is 44.8 Å². The highest BCUT2D eigenvalue weighted by molar-refractivity contribution is 5.90. The first-order valence-electron chi connectivity index (χ1n) is 13.6. The number of hydrogen-bond donors (Lipinski definition) is 3. The second-order valence-electron chi connectivity index (χ2n) is 10.7. The largest absolute Gasteiger partial charge is 0.475 e. The van der Waals surface area contributed by atoms with E-state index >= 15 is 0 Å². The lowest BCUT2D eigenvalue weighted by Gasteiger charge is -2.32. The molecule has 2 atom stereocenters. The first-order valence-corrected chi connectivity index (χ1v) is 13.6. The predicted molar refractivity (Wildman–Crippen MR) is 153 cm³/mol. The van der Waals surface area contributed by atoms with Gasteiger partial charge in [-0.3, -0.25) is 10.2 Å². The van der Waals surface area contributed by atoms with E-state index in [4.69, 9.17) is 9.47 Å². The van der Waals surface area contributed by atoms with Crippen molar-refractivity contribution in [1.82, 2.24) is 20.0 Å². The lowest BCUT2D eigenvalue weighted by molar-refractivity contribution is 0.0319. The van der Waals surface area contributed by atoms with Crippen LogP contribution in [0.15, 0.2) is 66.8 Å². The second kappa shape index (κ2) is 13.1. The Kier molecular flexibility index (Phi) is 9.61. The normalized spacial score (nSPS) is 23.5. The van der Waals surface area contributed by atoms with Gasteiger partial charge < -0.3 is 19.9 Å². The van der Waals surface area contributed by atoms with Gasteiger partial charge in [-0.1, -0.05) is 62.9 Å². The maximum absolute atomic E-state index is 13.3. The van der Waals surface area contributed by atoms with Crippen LogP contribution in [0.1, 0.15) is 32.3 Å². The standard InChI is InChI=1S/C30H41N5O4/c1-22-11-7-5-10-14-25(26(36)21-30(22,3)4)31-29(37)32-27-23(2)28(33-35(27)24-12-8-6-9-13-24)39-20-17-34-15-18-38-19-16-34/h5-13,25-26,36H,1,14-21H2,2-4H3,(H2,31,32,37)/b10-5-,11-7-/t25-,26-/m1/s1. The van der Waals surface area contributed by atoms with E-state index in [-0.39, 0.29) is 5.41 Å². The van der Waals surface area contributed by atoms with Gasteiger partial charge in [0.25, 0.3) is 0 Å². The molecule has 9 heteroatoms. The number of aliphatic hydroxyl groups is 1. The maximum atomic E-state index is 13.3. The molecule has 1 aromatic carbocycles. The quantitative estimate of drug-likeness (QED) is 0.491. The van der Waals surface area contributed by atoms with Crippen LogP contribution in [-0.2, 0) is 4.74 Å². The fraction of sp³-hybridized carbons (Fsp3) is 0.467. The number of allylic oxidation sites excluding steroid dienone is 4. The number of rotatable bonds is 7. The molecule has 3 N–H and O–H groups in total. The summed E-state index contributed by atoms with van der Waals surface area (Å²) < 4.78 is 13.2. The van der Waals surface area contributed by atoms with Crippen molar-refractivity contribution in [2.24, 2.45) is 5.41 Å². The molecule has 0 saturated carbocycles. The number of amides is 2. The zero-order chi connectivity index (χ0) is 27.8. The number of urea groups is 1. The first-order chi connectivity index (χ1) is 18.7. The van der Waals surface area contributed by atoms with E-state index in [0.717, 1.165) is 49.7 Å².